The third-order valence-corrected chi connectivity index (χ3v) is 7.26. The van der Waals surface area contributed by atoms with E-state index in [4.69, 9.17) is 9.97 Å². The van der Waals surface area contributed by atoms with Crippen LogP contribution in [0.15, 0.2) is 24.3 Å². The fraction of sp³-hybridized carbons (Fsp3) is 0.538. The topological polar surface area (TPSA) is 81.7 Å². The van der Waals surface area contributed by atoms with Gasteiger partial charge in [0.2, 0.25) is 11.9 Å². The van der Waals surface area contributed by atoms with Crippen LogP contribution >= 0.6 is 0 Å². The molecule has 0 bridgehead atoms. The summed E-state index contributed by atoms with van der Waals surface area (Å²) in [6.45, 7) is 10.9. The fourth-order valence-corrected chi connectivity index (χ4v) is 4.84. The van der Waals surface area contributed by atoms with Crippen molar-refractivity contribution in [3.8, 4) is 0 Å². The lowest BCUT2D eigenvalue weighted by Crippen LogP contribution is -2.48. The molecule has 1 saturated carbocycles. The van der Waals surface area contributed by atoms with Crippen LogP contribution in [-0.4, -0.2) is 63.8 Å². The Bertz CT molecular complexity index is 1090. The third-order valence-electron chi connectivity index (χ3n) is 7.26. The molecule has 8 heteroatoms. The third kappa shape index (κ3) is 4.33. The van der Waals surface area contributed by atoms with Gasteiger partial charge in [0.15, 0.2) is 0 Å². The van der Waals surface area contributed by atoms with Crippen molar-refractivity contribution in [2.45, 2.75) is 65.1 Å². The second-order valence-electron chi connectivity index (χ2n) is 10.0. The Morgan fingerprint density at radius 1 is 1.03 bits per heavy atom. The number of hydrogen-bond acceptors (Lipinski definition) is 6. The van der Waals surface area contributed by atoms with E-state index in [0.717, 1.165) is 17.3 Å². The number of carbonyl (C=O) groups excluding carboxylic acids is 2. The number of fused-ring (bicyclic) bond motifs is 1. The molecular weight excluding hydrogens is 428 g/mol. The first-order chi connectivity index (χ1) is 16.3. The van der Waals surface area contributed by atoms with Crippen molar-refractivity contribution in [3.63, 3.8) is 0 Å². The second kappa shape index (κ2) is 8.89. The maximum atomic E-state index is 13.2. The summed E-state index contributed by atoms with van der Waals surface area (Å²) in [5, 5.41) is 3.59. The number of amides is 2. The molecule has 0 radical (unpaired) electrons. The molecule has 2 aliphatic heterocycles. The number of carbonyl (C=O) groups is 2. The van der Waals surface area contributed by atoms with Gasteiger partial charge in [0.05, 0.1) is 6.54 Å². The van der Waals surface area contributed by atoms with E-state index < -0.39 is 0 Å². The van der Waals surface area contributed by atoms with E-state index in [0.29, 0.717) is 44.4 Å². The van der Waals surface area contributed by atoms with Crippen LogP contribution in [0.3, 0.4) is 0 Å². The minimum Gasteiger partial charge on any atom is -0.363 e. The van der Waals surface area contributed by atoms with Crippen molar-refractivity contribution in [1.82, 2.24) is 19.8 Å². The van der Waals surface area contributed by atoms with Crippen molar-refractivity contribution >= 4 is 23.6 Å². The van der Waals surface area contributed by atoms with Gasteiger partial charge >= 0.3 is 0 Å². The summed E-state index contributed by atoms with van der Waals surface area (Å²) in [6, 6.07) is 8.99. The van der Waals surface area contributed by atoms with Crippen molar-refractivity contribution in [1.29, 1.82) is 0 Å². The first-order valence-electron chi connectivity index (χ1n) is 12.4. The van der Waals surface area contributed by atoms with E-state index in [1.165, 1.54) is 24.0 Å². The molecule has 34 heavy (non-hydrogen) atoms. The highest BCUT2D eigenvalue weighted by atomic mass is 16.2. The number of benzene rings is 1. The van der Waals surface area contributed by atoms with Gasteiger partial charge in [-0.05, 0) is 50.7 Å². The summed E-state index contributed by atoms with van der Waals surface area (Å²) in [7, 11) is 0. The maximum absolute atomic E-state index is 13.2. The van der Waals surface area contributed by atoms with Crippen LogP contribution in [-0.2, 0) is 11.3 Å². The van der Waals surface area contributed by atoms with Crippen LogP contribution in [0.4, 0.5) is 11.8 Å². The van der Waals surface area contributed by atoms with E-state index in [-0.39, 0.29) is 23.9 Å². The Balaban J connectivity index is 1.42. The summed E-state index contributed by atoms with van der Waals surface area (Å²) < 4.78 is 0. The summed E-state index contributed by atoms with van der Waals surface area (Å²) in [4.78, 5) is 40.3. The smallest absolute Gasteiger partial charge is 0.273 e. The zero-order valence-electron chi connectivity index (χ0n) is 20.5. The van der Waals surface area contributed by atoms with Gasteiger partial charge < -0.3 is 20.0 Å². The number of anilines is 2. The highest BCUT2D eigenvalue weighted by Gasteiger charge is 2.35. The lowest BCUT2D eigenvalue weighted by Gasteiger charge is -2.34. The Kier molecular flexibility index (Phi) is 5.91. The molecular formula is C26H34N6O2. The van der Waals surface area contributed by atoms with Crippen LogP contribution in [0.2, 0.25) is 0 Å². The van der Waals surface area contributed by atoms with Gasteiger partial charge in [-0.1, -0.05) is 24.3 Å². The largest absolute Gasteiger partial charge is 0.363 e. The minimum absolute atomic E-state index is 0.0397. The molecule has 1 atom stereocenters. The first-order valence-corrected chi connectivity index (χ1v) is 12.4. The number of hydrogen-bond donors (Lipinski definition) is 1. The molecule has 2 fully saturated rings. The molecule has 1 aromatic heterocycles. The molecule has 2 amide bonds. The van der Waals surface area contributed by atoms with Gasteiger partial charge in [-0.25, -0.2) is 4.98 Å². The second-order valence-corrected chi connectivity index (χ2v) is 10.0. The van der Waals surface area contributed by atoms with Crippen molar-refractivity contribution in [3.05, 3.63) is 46.6 Å². The molecule has 1 saturated heterocycles. The van der Waals surface area contributed by atoms with Gasteiger partial charge in [0, 0.05) is 50.7 Å². The predicted molar refractivity (Wildman–Crippen MR) is 132 cm³/mol. The van der Waals surface area contributed by atoms with Gasteiger partial charge in [-0.2, -0.15) is 4.98 Å². The number of nitrogens with one attached hydrogen (secondary N) is 1. The highest BCUT2D eigenvalue weighted by molar-refractivity contribution is 5.98. The van der Waals surface area contributed by atoms with Crippen LogP contribution in [0.1, 0.15) is 79.7 Å². The van der Waals surface area contributed by atoms with Gasteiger partial charge in [-0.15, -0.1) is 0 Å². The van der Waals surface area contributed by atoms with Gasteiger partial charge in [-0.3, -0.25) is 9.59 Å². The zero-order chi connectivity index (χ0) is 24.0. The number of piperazine rings is 1. The SMILES string of the molecule is CC(=O)N1CCN(c2nc(N[C@H](C)c3ccc(C4CC4)cc3)c3c(n2)C(=O)N(C(C)C)C3)CC1. The Hall–Kier alpha value is -3.16. The summed E-state index contributed by atoms with van der Waals surface area (Å²) in [5.41, 5.74) is 3.97. The van der Waals surface area contributed by atoms with Crippen molar-refractivity contribution in [2.75, 3.05) is 36.4 Å². The summed E-state index contributed by atoms with van der Waals surface area (Å²) in [5.74, 6) is 2.06. The minimum atomic E-state index is -0.0412. The van der Waals surface area contributed by atoms with Crippen molar-refractivity contribution in [2.24, 2.45) is 0 Å². The molecule has 5 rings (SSSR count). The average molecular weight is 463 g/mol. The zero-order valence-corrected chi connectivity index (χ0v) is 20.5. The number of rotatable bonds is 6. The lowest BCUT2D eigenvalue weighted by atomic mass is 10.0. The molecule has 180 valence electrons. The maximum Gasteiger partial charge on any atom is 0.273 e. The Morgan fingerprint density at radius 3 is 2.29 bits per heavy atom. The molecule has 1 aromatic carbocycles. The van der Waals surface area contributed by atoms with Crippen LogP contribution < -0.4 is 10.2 Å². The Morgan fingerprint density at radius 2 is 1.71 bits per heavy atom. The van der Waals surface area contributed by atoms with Crippen molar-refractivity contribution < 1.29 is 9.59 Å². The van der Waals surface area contributed by atoms with E-state index in [1.54, 1.807) is 6.92 Å². The molecule has 2 aromatic rings. The van der Waals surface area contributed by atoms with Crippen LogP contribution in [0.5, 0.6) is 0 Å². The Labute approximate surface area is 201 Å². The molecule has 3 heterocycles. The molecule has 1 N–H and O–H groups in total. The van der Waals surface area contributed by atoms with Gasteiger partial charge in [0.25, 0.3) is 5.91 Å². The van der Waals surface area contributed by atoms with E-state index in [1.807, 2.05) is 23.6 Å². The van der Waals surface area contributed by atoms with E-state index in [2.05, 4.69) is 41.4 Å². The van der Waals surface area contributed by atoms with Crippen LogP contribution in [0, 0.1) is 0 Å². The monoisotopic (exact) mass is 462 g/mol. The number of nitrogens with zero attached hydrogens (tertiary/aromatic N) is 5. The number of aromatic nitrogens is 2. The standard InChI is InChI=1S/C26H34N6O2/c1-16(2)32-15-22-23(25(32)34)28-26(31-13-11-30(12-14-31)18(4)33)29-24(22)27-17(3)19-5-7-20(8-6-19)21-9-10-21/h5-8,16-17,21H,9-15H2,1-4H3,(H,27,28,29)/t17-/m1/s1. The predicted octanol–water partition coefficient (Wildman–Crippen LogP) is 3.56. The molecule has 0 spiro atoms. The van der Waals surface area contributed by atoms with E-state index >= 15 is 0 Å². The molecule has 0 unspecified atom stereocenters. The summed E-state index contributed by atoms with van der Waals surface area (Å²) in [6.07, 6.45) is 2.59. The summed E-state index contributed by atoms with van der Waals surface area (Å²) >= 11 is 0. The lowest BCUT2D eigenvalue weighted by molar-refractivity contribution is -0.129. The first kappa shape index (κ1) is 22.6. The normalized spacial score (nSPS) is 19.0. The van der Waals surface area contributed by atoms with Crippen LogP contribution in [0.25, 0.3) is 0 Å². The van der Waals surface area contributed by atoms with E-state index in [9.17, 15) is 9.59 Å². The fourth-order valence-electron chi connectivity index (χ4n) is 4.84. The molecule has 1 aliphatic carbocycles. The average Bonchev–Trinajstić information content (AvgIpc) is 3.62. The highest BCUT2D eigenvalue weighted by Crippen LogP contribution is 2.40. The van der Waals surface area contributed by atoms with Gasteiger partial charge in [0.1, 0.15) is 11.5 Å². The molecule has 3 aliphatic rings. The quantitative estimate of drug-likeness (QED) is 0.707. The molecule has 8 nitrogen and oxygen atoms in total.